The van der Waals surface area contributed by atoms with Gasteiger partial charge in [-0.2, -0.15) is 0 Å². The topological polar surface area (TPSA) is 68.0 Å². The van der Waals surface area contributed by atoms with E-state index in [1.54, 1.807) is 17.4 Å². The molecule has 0 aliphatic heterocycles. The number of aromatic nitrogens is 2. The van der Waals surface area contributed by atoms with E-state index < -0.39 is 0 Å². The first kappa shape index (κ1) is 15.7. The van der Waals surface area contributed by atoms with Gasteiger partial charge in [0.1, 0.15) is 5.76 Å². The van der Waals surface area contributed by atoms with Crippen LogP contribution in [-0.4, -0.2) is 22.6 Å². The van der Waals surface area contributed by atoms with Crippen LogP contribution in [0.3, 0.4) is 0 Å². The number of nitrogens with one attached hydrogen (secondary N) is 1. The first-order valence-corrected chi connectivity index (χ1v) is 8.08. The summed E-state index contributed by atoms with van der Waals surface area (Å²) < 4.78 is 5.10. The van der Waals surface area contributed by atoms with Crippen LogP contribution in [0.15, 0.2) is 10.6 Å². The second-order valence-corrected chi connectivity index (χ2v) is 6.32. The molecule has 0 unspecified atom stereocenters. The molecule has 6 heteroatoms. The van der Waals surface area contributed by atoms with Crippen molar-refractivity contribution < 1.29 is 9.32 Å². The van der Waals surface area contributed by atoms with E-state index >= 15 is 0 Å². The fourth-order valence-electron chi connectivity index (χ4n) is 1.96. The van der Waals surface area contributed by atoms with Gasteiger partial charge in [-0.1, -0.05) is 12.1 Å². The molecule has 0 saturated heterocycles. The van der Waals surface area contributed by atoms with E-state index in [9.17, 15) is 4.79 Å². The molecule has 5 nitrogen and oxygen atoms in total. The molecule has 2 rings (SSSR count). The average molecular weight is 307 g/mol. The molecule has 2 aromatic heterocycles. The normalized spacial score (nSPS) is 10.8. The molecule has 0 atom stereocenters. The Kier molecular flexibility index (Phi) is 5.50. The Morgan fingerprint density at radius 1 is 1.38 bits per heavy atom. The molecule has 0 radical (unpaired) electrons. The van der Waals surface area contributed by atoms with Crippen molar-refractivity contribution in [1.29, 1.82) is 0 Å². The summed E-state index contributed by atoms with van der Waals surface area (Å²) in [5.74, 6) is 0.587. The molecule has 0 aliphatic rings. The lowest BCUT2D eigenvalue weighted by molar-refractivity contribution is 0.0944. The molecule has 2 aromatic rings. The third-order valence-electron chi connectivity index (χ3n) is 3.21. The number of rotatable bonds is 7. The summed E-state index contributed by atoms with van der Waals surface area (Å²) in [5, 5.41) is 7.78. The van der Waals surface area contributed by atoms with Gasteiger partial charge in [-0.25, -0.2) is 4.98 Å². The first-order valence-electron chi connectivity index (χ1n) is 7.27. The van der Waals surface area contributed by atoms with E-state index in [4.69, 9.17) is 4.52 Å². The molecular weight excluding hydrogens is 286 g/mol. The maximum absolute atomic E-state index is 11.9. The number of carbonyl (C=O) groups is 1. The number of hydrogen-bond acceptors (Lipinski definition) is 5. The monoisotopic (exact) mass is 307 g/mol. The van der Waals surface area contributed by atoms with E-state index in [-0.39, 0.29) is 5.91 Å². The van der Waals surface area contributed by atoms with Crippen LogP contribution in [0.5, 0.6) is 0 Å². The largest absolute Gasteiger partial charge is 0.361 e. The van der Waals surface area contributed by atoms with Crippen LogP contribution in [0, 0.1) is 13.8 Å². The van der Waals surface area contributed by atoms with Crippen LogP contribution in [0.2, 0.25) is 0 Å². The highest BCUT2D eigenvalue weighted by Crippen LogP contribution is 2.17. The molecule has 1 N–H and O–H groups in total. The van der Waals surface area contributed by atoms with Crippen molar-refractivity contribution in [2.45, 2.75) is 46.5 Å². The van der Waals surface area contributed by atoms with Crippen LogP contribution < -0.4 is 5.32 Å². The summed E-state index contributed by atoms with van der Waals surface area (Å²) in [6.07, 6.45) is 3.54. The maximum atomic E-state index is 11.9. The maximum Gasteiger partial charge on any atom is 0.273 e. The summed E-state index contributed by atoms with van der Waals surface area (Å²) in [6.45, 7) is 6.78. The van der Waals surface area contributed by atoms with Gasteiger partial charge < -0.3 is 9.84 Å². The molecule has 0 fully saturated rings. The molecule has 0 aromatic carbocycles. The van der Waals surface area contributed by atoms with Crippen LogP contribution in [0.25, 0.3) is 0 Å². The first-order chi connectivity index (χ1) is 10.1. The van der Waals surface area contributed by atoms with Gasteiger partial charge in [0.05, 0.1) is 10.7 Å². The summed E-state index contributed by atoms with van der Waals surface area (Å²) in [5.41, 5.74) is 1.46. The Hall–Kier alpha value is -1.69. The lowest BCUT2D eigenvalue weighted by Crippen LogP contribution is -2.25. The molecule has 114 valence electrons. The summed E-state index contributed by atoms with van der Waals surface area (Å²) >= 11 is 1.73. The molecular formula is C15H21N3O2S. The van der Waals surface area contributed by atoms with Gasteiger partial charge in [-0.3, -0.25) is 4.79 Å². The van der Waals surface area contributed by atoms with Crippen LogP contribution >= 0.6 is 11.3 Å². The minimum absolute atomic E-state index is 0.174. The van der Waals surface area contributed by atoms with Crippen LogP contribution in [-0.2, 0) is 12.8 Å². The lowest BCUT2D eigenvalue weighted by atomic mass is 10.2. The van der Waals surface area contributed by atoms with Crippen molar-refractivity contribution in [3.63, 3.8) is 0 Å². The zero-order valence-corrected chi connectivity index (χ0v) is 13.5. The van der Waals surface area contributed by atoms with Crippen molar-refractivity contribution >= 4 is 17.2 Å². The van der Waals surface area contributed by atoms with Crippen molar-refractivity contribution in [3.8, 4) is 0 Å². The van der Waals surface area contributed by atoms with Crippen LogP contribution in [0.4, 0.5) is 0 Å². The number of aryl methyl sites for hydroxylation is 4. The Morgan fingerprint density at radius 2 is 2.19 bits per heavy atom. The van der Waals surface area contributed by atoms with E-state index in [1.165, 1.54) is 4.88 Å². The van der Waals surface area contributed by atoms with Gasteiger partial charge in [0.2, 0.25) is 0 Å². The average Bonchev–Trinajstić information content (AvgIpc) is 3.03. The van der Waals surface area contributed by atoms with Gasteiger partial charge in [0.25, 0.3) is 5.91 Å². The fraction of sp³-hybridized carbons (Fsp3) is 0.533. The Labute approximate surface area is 128 Å². The van der Waals surface area contributed by atoms with Gasteiger partial charge >= 0.3 is 0 Å². The minimum Gasteiger partial charge on any atom is -0.361 e. The van der Waals surface area contributed by atoms with Gasteiger partial charge in [-0.05, 0) is 26.7 Å². The highest BCUT2D eigenvalue weighted by atomic mass is 32.1. The molecule has 0 aliphatic carbocycles. The Morgan fingerprint density at radius 3 is 2.86 bits per heavy atom. The smallest absolute Gasteiger partial charge is 0.273 e. The van der Waals surface area contributed by atoms with Crippen molar-refractivity contribution in [2.75, 3.05) is 6.54 Å². The van der Waals surface area contributed by atoms with Crippen molar-refractivity contribution in [3.05, 3.63) is 33.1 Å². The predicted octanol–water partition coefficient (Wildman–Crippen LogP) is 3.06. The molecule has 21 heavy (non-hydrogen) atoms. The van der Waals surface area contributed by atoms with E-state index in [2.05, 4.69) is 29.3 Å². The second kappa shape index (κ2) is 7.36. The van der Waals surface area contributed by atoms with Gasteiger partial charge in [-0.15, -0.1) is 11.3 Å². The quantitative estimate of drug-likeness (QED) is 0.798. The van der Waals surface area contributed by atoms with Crippen LogP contribution in [0.1, 0.15) is 51.6 Å². The molecule has 2 heterocycles. The zero-order chi connectivity index (χ0) is 15.2. The van der Waals surface area contributed by atoms with E-state index in [1.807, 2.05) is 6.92 Å². The number of amides is 1. The Bertz CT molecular complexity index is 584. The lowest BCUT2D eigenvalue weighted by Gasteiger charge is -2.01. The number of hydrogen-bond donors (Lipinski definition) is 1. The third kappa shape index (κ3) is 4.39. The molecule has 1 amide bonds. The predicted molar refractivity (Wildman–Crippen MR) is 82.7 cm³/mol. The van der Waals surface area contributed by atoms with Gasteiger partial charge in [0, 0.05) is 30.3 Å². The number of nitrogens with zero attached hydrogens (tertiary/aromatic N) is 2. The molecule has 0 saturated carbocycles. The van der Waals surface area contributed by atoms with Crippen molar-refractivity contribution in [2.24, 2.45) is 0 Å². The van der Waals surface area contributed by atoms with Gasteiger partial charge in [0.15, 0.2) is 5.69 Å². The standard InChI is InChI=1S/C15H21N3O2S/c1-4-6-12-9-13(18-20-12)15(19)16-8-5-7-14-17-10(2)11(3)21-14/h9H,4-8H2,1-3H3,(H,16,19). The van der Waals surface area contributed by atoms with E-state index in [0.29, 0.717) is 12.2 Å². The number of carbonyl (C=O) groups excluding carboxylic acids is 1. The summed E-state index contributed by atoms with van der Waals surface area (Å²) in [6, 6.07) is 1.71. The van der Waals surface area contributed by atoms with Crippen molar-refractivity contribution in [1.82, 2.24) is 15.5 Å². The summed E-state index contributed by atoms with van der Waals surface area (Å²) in [7, 11) is 0. The Balaban J connectivity index is 1.73. The molecule has 0 bridgehead atoms. The number of thiazole rings is 1. The highest BCUT2D eigenvalue weighted by molar-refractivity contribution is 7.11. The van der Waals surface area contributed by atoms with E-state index in [0.717, 1.165) is 42.1 Å². The zero-order valence-electron chi connectivity index (χ0n) is 12.7. The third-order valence-corrected chi connectivity index (χ3v) is 4.35. The highest BCUT2D eigenvalue weighted by Gasteiger charge is 2.11. The SMILES string of the molecule is CCCc1cc(C(=O)NCCCc2nc(C)c(C)s2)no1. The fourth-order valence-corrected chi connectivity index (χ4v) is 2.94. The minimum atomic E-state index is -0.174. The second-order valence-electron chi connectivity index (χ2n) is 5.04. The summed E-state index contributed by atoms with van der Waals surface area (Å²) in [4.78, 5) is 17.6. The molecule has 0 spiro atoms.